The molecule has 0 aliphatic carbocycles. The zero-order chi connectivity index (χ0) is 14.5. The molecule has 1 aromatic carbocycles. The number of nitrogens with one attached hydrogen (secondary N) is 1. The van der Waals surface area contributed by atoms with Crippen molar-refractivity contribution < 1.29 is 4.79 Å². The van der Waals surface area contributed by atoms with Crippen molar-refractivity contribution in [1.29, 1.82) is 0 Å². The molecule has 1 N–H and O–H groups in total. The Morgan fingerprint density at radius 2 is 2.10 bits per heavy atom. The van der Waals surface area contributed by atoms with Crippen LogP contribution in [0.5, 0.6) is 0 Å². The van der Waals surface area contributed by atoms with E-state index in [1.165, 1.54) is 5.56 Å². The van der Waals surface area contributed by atoms with Crippen LogP contribution in [0.4, 0.5) is 5.69 Å². The van der Waals surface area contributed by atoms with Crippen LogP contribution >= 0.6 is 11.6 Å². The van der Waals surface area contributed by atoms with Gasteiger partial charge in [0.15, 0.2) is 0 Å². The lowest BCUT2D eigenvalue weighted by Crippen LogP contribution is -2.24. The van der Waals surface area contributed by atoms with E-state index in [0.29, 0.717) is 11.6 Å². The van der Waals surface area contributed by atoms with Gasteiger partial charge in [-0.2, -0.15) is 5.10 Å². The van der Waals surface area contributed by atoms with Crippen LogP contribution in [0.1, 0.15) is 19.4 Å². The van der Waals surface area contributed by atoms with Gasteiger partial charge in [-0.3, -0.25) is 9.48 Å². The van der Waals surface area contributed by atoms with E-state index in [1.54, 1.807) is 17.1 Å². The van der Waals surface area contributed by atoms with Crippen LogP contribution in [0, 0.1) is 5.92 Å². The molecule has 20 heavy (non-hydrogen) atoms. The van der Waals surface area contributed by atoms with Crippen molar-refractivity contribution in [3.05, 3.63) is 47.2 Å². The Kier molecular flexibility index (Phi) is 4.79. The molecule has 5 heteroatoms. The highest BCUT2D eigenvalue weighted by Crippen LogP contribution is 2.13. The molecule has 0 saturated heterocycles. The Balaban J connectivity index is 1.93. The van der Waals surface area contributed by atoms with Gasteiger partial charge in [-0.05, 0) is 24.1 Å². The predicted molar refractivity (Wildman–Crippen MR) is 80.9 cm³/mol. The van der Waals surface area contributed by atoms with Gasteiger partial charge in [0, 0.05) is 11.9 Å². The number of hydrogen-bond donors (Lipinski definition) is 1. The zero-order valence-electron chi connectivity index (χ0n) is 11.6. The molecule has 2 rings (SSSR count). The molecular formula is C15H18ClN3O. The van der Waals surface area contributed by atoms with Crippen molar-refractivity contribution in [3.8, 4) is 0 Å². The fraction of sp³-hybridized carbons (Fsp3) is 0.333. The van der Waals surface area contributed by atoms with Crippen LogP contribution in [-0.2, 0) is 17.8 Å². The molecule has 0 aliphatic heterocycles. The standard InChI is InChI=1S/C15H18ClN3O/c1-3-12-4-6-14(7-5-12)18-15(20)11(2)9-19-10-13(16)8-17-19/h4-8,10-11H,3,9H2,1-2H3,(H,18,20). The normalized spacial score (nSPS) is 12.2. The molecule has 0 bridgehead atoms. The van der Waals surface area contributed by atoms with E-state index in [4.69, 9.17) is 11.6 Å². The van der Waals surface area contributed by atoms with E-state index < -0.39 is 0 Å². The summed E-state index contributed by atoms with van der Waals surface area (Å²) in [5.41, 5.74) is 2.07. The molecule has 0 aliphatic rings. The molecule has 0 spiro atoms. The third kappa shape index (κ3) is 3.84. The summed E-state index contributed by atoms with van der Waals surface area (Å²) in [5, 5.41) is 7.56. The van der Waals surface area contributed by atoms with E-state index in [0.717, 1.165) is 12.1 Å². The third-order valence-corrected chi connectivity index (χ3v) is 3.34. The smallest absolute Gasteiger partial charge is 0.229 e. The van der Waals surface area contributed by atoms with Gasteiger partial charge in [0.25, 0.3) is 0 Å². The zero-order valence-corrected chi connectivity index (χ0v) is 12.4. The first-order valence-corrected chi connectivity index (χ1v) is 7.04. The van der Waals surface area contributed by atoms with Gasteiger partial charge in [-0.25, -0.2) is 0 Å². The molecule has 1 heterocycles. The maximum Gasteiger partial charge on any atom is 0.229 e. The summed E-state index contributed by atoms with van der Waals surface area (Å²) >= 11 is 5.80. The van der Waals surface area contributed by atoms with Gasteiger partial charge in [-0.1, -0.05) is 37.6 Å². The number of carbonyl (C=O) groups is 1. The number of amides is 1. The molecule has 1 atom stereocenters. The van der Waals surface area contributed by atoms with Gasteiger partial charge in [0.05, 0.1) is 23.7 Å². The summed E-state index contributed by atoms with van der Waals surface area (Å²) < 4.78 is 1.67. The largest absolute Gasteiger partial charge is 0.326 e. The van der Waals surface area contributed by atoms with Gasteiger partial charge >= 0.3 is 0 Å². The van der Waals surface area contributed by atoms with E-state index in [9.17, 15) is 4.79 Å². The Bertz CT molecular complexity index is 577. The van der Waals surface area contributed by atoms with Crippen LogP contribution < -0.4 is 5.32 Å². The lowest BCUT2D eigenvalue weighted by atomic mass is 10.1. The average Bonchev–Trinajstić information content (AvgIpc) is 2.85. The van der Waals surface area contributed by atoms with Gasteiger partial charge < -0.3 is 5.32 Å². The average molecular weight is 292 g/mol. The minimum Gasteiger partial charge on any atom is -0.326 e. The fourth-order valence-corrected chi connectivity index (χ4v) is 2.05. The maximum atomic E-state index is 12.1. The fourth-order valence-electron chi connectivity index (χ4n) is 1.89. The molecule has 0 radical (unpaired) electrons. The number of carbonyl (C=O) groups excluding carboxylic acids is 1. The third-order valence-electron chi connectivity index (χ3n) is 3.14. The second kappa shape index (κ2) is 6.57. The lowest BCUT2D eigenvalue weighted by Gasteiger charge is -2.12. The molecule has 2 aromatic rings. The number of benzene rings is 1. The van der Waals surface area contributed by atoms with E-state index in [1.807, 2.05) is 31.2 Å². The van der Waals surface area contributed by atoms with Crippen LogP contribution in [0.3, 0.4) is 0 Å². The summed E-state index contributed by atoms with van der Waals surface area (Å²) in [6.45, 7) is 4.47. The highest BCUT2D eigenvalue weighted by atomic mass is 35.5. The number of anilines is 1. The number of nitrogens with zero attached hydrogens (tertiary/aromatic N) is 2. The van der Waals surface area contributed by atoms with E-state index >= 15 is 0 Å². The monoisotopic (exact) mass is 291 g/mol. The minimum absolute atomic E-state index is 0.0270. The summed E-state index contributed by atoms with van der Waals surface area (Å²) in [4.78, 5) is 12.1. The summed E-state index contributed by atoms with van der Waals surface area (Å²) in [5.74, 6) is -0.210. The molecule has 0 saturated carbocycles. The number of rotatable bonds is 5. The van der Waals surface area contributed by atoms with E-state index in [2.05, 4.69) is 17.3 Å². The number of hydrogen-bond acceptors (Lipinski definition) is 2. The summed E-state index contributed by atoms with van der Waals surface area (Å²) in [7, 11) is 0. The molecular weight excluding hydrogens is 274 g/mol. The number of halogens is 1. The second-order valence-electron chi connectivity index (χ2n) is 4.82. The molecule has 1 amide bonds. The van der Waals surface area contributed by atoms with Crippen LogP contribution in [0.25, 0.3) is 0 Å². The van der Waals surface area contributed by atoms with Crippen molar-refractivity contribution >= 4 is 23.2 Å². The molecule has 106 valence electrons. The van der Waals surface area contributed by atoms with Crippen molar-refractivity contribution in [1.82, 2.24) is 9.78 Å². The Morgan fingerprint density at radius 1 is 1.40 bits per heavy atom. The second-order valence-corrected chi connectivity index (χ2v) is 5.26. The topological polar surface area (TPSA) is 46.9 Å². The summed E-state index contributed by atoms with van der Waals surface area (Å²) in [6.07, 6.45) is 4.27. The molecule has 1 unspecified atom stereocenters. The molecule has 0 fully saturated rings. The highest BCUT2D eigenvalue weighted by Gasteiger charge is 2.14. The predicted octanol–water partition coefficient (Wildman–Crippen LogP) is 3.37. The summed E-state index contributed by atoms with van der Waals surface area (Å²) in [6, 6.07) is 7.89. The van der Waals surface area contributed by atoms with Crippen LogP contribution in [-0.4, -0.2) is 15.7 Å². The van der Waals surface area contributed by atoms with Crippen LogP contribution in [0.2, 0.25) is 5.02 Å². The quantitative estimate of drug-likeness (QED) is 0.918. The van der Waals surface area contributed by atoms with Crippen molar-refractivity contribution in [2.45, 2.75) is 26.8 Å². The van der Waals surface area contributed by atoms with Gasteiger partial charge in [0.1, 0.15) is 0 Å². The molecule has 4 nitrogen and oxygen atoms in total. The SMILES string of the molecule is CCc1ccc(NC(=O)C(C)Cn2cc(Cl)cn2)cc1. The first-order chi connectivity index (χ1) is 9.58. The molecule has 1 aromatic heterocycles. The van der Waals surface area contributed by atoms with E-state index in [-0.39, 0.29) is 11.8 Å². The Labute approximate surface area is 123 Å². The van der Waals surface area contributed by atoms with Crippen molar-refractivity contribution in [2.24, 2.45) is 5.92 Å². The number of aromatic nitrogens is 2. The Morgan fingerprint density at radius 3 is 2.65 bits per heavy atom. The minimum atomic E-state index is -0.184. The Hall–Kier alpha value is -1.81. The number of aryl methyl sites for hydroxylation is 1. The highest BCUT2D eigenvalue weighted by molar-refractivity contribution is 6.30. The van der Waals surface area contributed by atoms with Crippen molar-refractivity contribution in [2.75, 3.05) is 5.32 Å². The van der Waals surface area contributed by atoms with Gasteiger partial charge in [0.2, 0.25) is 5.91 Å². The van der Waals surface area contributed by atoms with Crippen LogP contribution in [0.15, 0.2) is 36.7 Å². The lowest BCUT2D eigenvalue weighted by molar-refractivity contribution is -0.119. The van der Waals surface area contributed by atoms with Gasteiger partial charge in [-0.15, -0.1) is 0 Å². The first kappa shape index (κ1) is 14.6. The first-order valence-electron chi connectivity index (χ1n) is 6.66. The maximum absolute atomic E-state index is 12.1. The van der Waals surface area contributed by atoms with Crippen molar-refractivity contribution in [3.63, 3.8) is 0 Å².